The second-order valence-electron chi connectivity index (χ2n) is 6.01. The van der Waals surface area contributed by atoms with E-state index in [-0.39, 0.29) is 5.82 Å². The summed E-state index contributed by atoms with van der Waals surface area (Å²) < 4.78 is 28.2. The highest BCUT2D eigenvalue weighted by Crippen LogP contribution is 2.22. The monoisotopic (exact) mass is 455 g/mol. The van der Waals surface area contributed by atoms with E-state index >= 15 is 0 Å². The van der Waals surface area contributed by atoms with Crippen LogP contribution in [0, 0.1) is 10.1 Å². The molecule has 1 fully saturated rings. The van der Waals surface area contributed by atoms with Crippen LogP contribution in [0.15, 0.2) is 46.4 Å². The van der Waals surface area contributed by atoms with Crippen LogP contribution in [0.2, 0.25) is 0 Å². The zero-order valence-corrected chi connectivity index (χ0v) is 16.7. The van der Waals surface area contributed by atoms with Crippen LogP contribution >= 0.6 is 15.9 Å². The number of piperazine rings is 1. The second-order valence-corrected chi connectivity index (χ2v) is 8.69. The Labute approximate surface area is 165 Å². The number of rotatable bonds is 6. The first-order chi connectivity index (χ1) is 12.8. The van der Waals surface area contributed by atoms with E-state index in [1.807, 2.05) is 35.2 Å². The highest BCUT2D eigenvalue weighted by atomic mass is 79.9. The molecule has 0 aliphatic carbocycles. The van der Waals surface area contributed by atoms with E-state index in [4.69, 9.17) is 0 Å². The molecule has 1 aliphatic rings. The van der Waals surface area contributed by atoms with Crippen LogP contribution in [0.25, 0.3) is 6.08 Å². The zero-order chi connectivity index (χ0) is 19.4. The van der Waals surface area contributed by atoms with Gasteiger partial charge in [-0.05, 0) is 32.5 Å². The Morgan fingerprint density at radius 2 is 1.85 bits per heavy atom. The maximum Gasteiger partial charge on any atom is 0.404 e. The summed E-state index contributed by atoms with van der Waals surface area (Å²) in [6.45, 7) is 2.10. The number of nitrogens with zero attached hydrogens (tertiary/aromatic N) is 5. The van der Waals surface area contributed by atoms with Gasteiger partial charge >= 0.3 is 5.82 Å². The molecular weight excluding hydrogens is 438 g/mol. The molecule has 0 saturated carbocycles. The summed E-state index contributed by atoms with van der Waals surface area (Å²) in [5, 5.41) is 16.0. The fourth-order valence-corrected chi connectivity index (χ4v) is 4.36. The lowest BCUT2D eigenvalue weighted by Crippen LogP contribution is -2.48. The summed E-state index contributed by atoms with van der Waals surface area (Å²) in [6.07, 6.45) is 3.13. The molecule has 11 heteroatoms. The lowest BCUT2D eigenvalue weighted by molar-refractivity contribution is -0.390. The molecule has 1 aliphatic heterocycles. The minimum Gasteiger partial charge on any atom is -0.358 e. The number of hydrogen-bond donors (Lipinski definition) is 0. The molecular formula is C16H18BrN5O4S. The minimum atomic E-state index is -3.48. The van der Waals surface area contributed by atoms with E-state index < -0.39 is 14.9 Å². The molecule has 144 valence electrons. The van der Waals surface area contributed by atoms with Crippen LogP contribution in [0.4, 0.5) is 5.82 Å². The van der Waals surface area contributed by atoms with Crippen LogP contribution in [0.5, 0.6) is 0 Å². The summed E-state index contributed by atoms with van der Waals surface area (Å²) in [7, 11) is -3.48. The van der Waals surface area contributed by atoms with Crippen LogP contribution in [0.3, 0.4) is 0 Å². The van der Waals surface area contributed by atoms with Crippen molar-refractivity contribution in [2.75, 3.05) is 26.2 Å². The molecule has 0 bridgehead atoms. The van der Waals surface area contributed by atoms with Crippen molar-refractivity contribution in [1.82, 2.24) is 19.0 Å². The molecule has 1 aromatic carbocycles. The first-order valence-corrected chi connectivity index (χ1v) is 10.5. The summed E-state index contributed by atoms with van der Waals surface area (Å²) in [5.74, 6) is -0.234. The maximum absolute atomic E-state index is 12.5. The van der Waals surface area contributed by atoms with E-state index in [2.05, 4.69) is 21.0 Å². The number of aromatic nitrogens is 2. The lowest BCUT2D eigenvalue weighted by Gasteiger charge is -2.32. The highest BCUT2D eigenvalue weighted by molar-refractivity contribution is 9.10. The molecule has 3 rings (SSSR count). The molecule has 0 radical (unpaired) electrons. The summed E-state index contributed by atoms with van der Waals surface area (Å²) in [6, 6.07) is 9.25. The Bertz CT molecular complexity index is 937. The largest absolute Gasteiger partial charge is 0.404 e. The van der Waals surface area contributed by atoms with Crippen molar-refractivity contribution < 1.29 is 13.3 Å². The molecule has 0 spiro atoms. The van der Waals surface area contributed by atoms with Gasteiger partial charge in [0.1, 0.15) is 11.1 Å². The van der Waals surface area contributed by atoms with E-state index in [9.17, 15) is 18.5 Å². The number of benzene rings is 1. The molecule has 1 saturated heterocycles. The van der Waals surface area contributed by atoms with Crippen LogP contribution in [-0.4, -0.2) is 58.5 Å². The third kappa shape index (κ3) is 5.01. The van der Waals surface area contributed by atoms with E-state index in [0.717, 1.165) is 5.56 Å². The van der Waals surface area contributed by atoms with Gasteiger partial charge in [-0.15, -0.1) is 0 Å². The molecule has 0 N–H and O–H groups in total. The average molecular weight is 456 g/mol. The molecule has 0 amide bonds. The summed E-state index contributed by atoms with van der Waals surface area (Å²) in [5.41, 5.74) is 0.825. The van der Waals surface area contributed by atoms with Crippen LogP contribution < -0.4 is 0 Å². The van der Waals surface area contributed by atoms with Gasteiger partial charge in [0.25, 0.3) is 0 Å². The fourth-order valence-electron chi connectivity index (χ4n) is 2.73. The van der Waals surface area contributed by atoms with E-state index in [1.165, 1.54) is 14.4 Å². The third-order valence-corrected chi connectivity index (χ3v) is 6.26. The van der Waals surface area contributed by atoms with Gasteiger partial charge in [-0.3, -0.25) is 4.90 Å². The normalized spacial score (nSPS) is 16.8. The predicted molar refractivity (Wildman–Crippen MR) is 104 cm³/mol. The highest BCUT2D eigenvalue weighted by Gasteiger charge is 2.26. The second kappa shape index (κ2) is 8.30. The first-order valence-electron chi connectivity index (χ1n) is 8.18. The smallest absolute Gasteiger partial charge is 0.358 e. The summed E-state index contributed by atoms with van der Waals surface area (Å²) >= 11 is 3.12. The Balaban J connectivity index is 1.57. The Hall–Kier alpha value is -2.08. The zero-order valence-electron chi connectivity index (χ0n) is 14.3. The summed E-state index contributed by atoms with van der Waals surface area (Å²) in [4.78, 5) is 12.3. The SMILES string of the molecule is O=[N+]([O-])c1nn(CN2CCN(S(=O)(=O)C=Cc3ccccc3)CC2)cc1Br. The molecule has 9 nitrogen and oxygen atoms in total. The Morgan fingerprint density at radius 1 is 1.19 bits per heavy atom. The first kappa shape index (κ1) is 19.7. The third-order valence-electron chi connectivity index (χ3n) is 4.14. The molecule has 2 aromatic rings. The van der Waals surface area contributed by atoms with Crippen molar-refractivity contribution in [1.29, 1.82) is 0 Å². The van der Waals surface area contributed by atoms with Crippen molar-refractivity contribution in [3.63, 3.8) is 0 Å². The van der Waals surface area contributed by atoms with Crippen molar-refractivity contribution in [2.24, 2.45) is 0 Å². The van der Waals surface area contributed by atoms with Gasteiger partial charge in [-0.2, -0.15) is 8.99 Å². The molecule has 1 aromatic heterocycles. The molecule has 2 heterocycles. The van der Waals surface area contributed by atoms with Crippen LogP contribution in [-0.2, 0) is 16.7 Å². The van der Waals surface area contributed by atoms with Gasteiger partial charge in [0.05, 0.1) is 11.3 Å². The van der Waals surface area contributed by atoms with E-state index in [0.29, 0.717) is 37.3 Å². The molecule has 0 atom stereocenters. The number of nitro groups is 1. The number of halogens is 1. The van der Waals surface area contributed by atoms with Gasteiger partial charge in [-0.1, -0.05) is 30.3 Å². The van der Waals surface area contributed by atoms with Crippen molar-refractivity contribution >= 4 is 37.8 Å². The van der Waals surface area contributed by atoms with Crippen LogP contribution in [0.1, 0.15) is 5.56 Å². The van der Waals surface area contributed by atoms with Crippen molar-refractivity contribution in [3.8, 4) is 0 Å². The van der Waals surface area contributed by atoms with Crippen molar-refractivity contribution in [3.05, 3.63) is 62.1 Å². The fraction of sp³-hybridized carbons (Fsp3) is 0.312. The lowest BCUT2D eigenvalue weighted by atomic mass is 10.2. The molecule has 27 heavy (non-hydrogen) atoms. The Kier molecular flexibility index (Phi) is 6.05. The number of hydrogen-bond acceptors (Lipinski definition) is 6. The van der Waals surface area contributed by atoms with Gasteiger partial charge in [0.15, 0.2) is 0 Å². The predicted octanol–water partition coefficient (Wildman–Crippen LogP) is 2.13. The quantitative estimate of drug-likeness (QED) is 0.488. The maximum atomic E-state index is 12.5. The molecule has 0 unspecified atom stereocenters. The van der Waals surface area contributed by atoms with Gasteiger partial charge in [0, 0.05) is 31.6 Å². The van der Waals surface area contributed by atoms with Gasteiger partial charge < -0.3 is 10.1 Å². The number of sulfonamides is 1. The minimum absolute atomic E-state index is 0.234. The Morgan fingerprint density at radius 3 is 2.44 bits per heavy atom. The van der Waals surface area contributed by atoms with Gasteiger partial charge in [0.2, 0.25) is 10.0 Å². The topological polar surface area (TPSA) is 102 Å². The average Bonchev–Trinajstić information content (AvgIpc) is 3.02. The van der Waals surface area contributed by atoms with Crippen molar-refractivity contribution in [2.45, 2.75) is 6.67 Å². The standard InChI is InChI=1S/C16H18BrN5O4S/c17-15-12-20(18-16(15)22(23)24)13-19-7-9-21(10-8-19)27(25,26)11-6-14-4-2-1-3-5-14/h1-6,11-12H,7-10,13H2. The van der Waals surface area contributed by atoms with Gasteiger partial charge in [-0.25, -0.2) is 8.42 Å². The van der Waals surface area contributed by atoms with E-state index in [1.54, 1.807) is 12.3 Å².